The molecule has 2 aromatic carbocycles. The van der Waals surface area contributed by atoms with Gasteiger partial charge in [0.1, 0.15) is 30.8 Å². The summed E-state index contributed by atoms with van der Waals surface area (Å²) in [4.78, 5) is 17.1. The van der Waals surface area contributed by atoms with E-state index in [9.17, 15) is 4.79 Å². The summed E-state index contributed by atoms with van der Waals surface area (Å²) in [5.41, 5.74) is 1.95. The van der Waals surface area contributed by atoms with Crippen LogP contribution in [0.2, 0.25) is 0 Å². The van der Waals surface area contributed by atoms with Gasteiger partial charge < -0.3 is 29.4 Å². The highest BCUT2D eigenvalue weighted by atomic mass is 16.6. The van der Waals surface area contributed by atoms with Crippen LogP contribution in [0.4, 0.5) is 4.79 Å². The molecular formula is C23H26N4O4. The lowest BCUT2D eigenvalue weighted by molar-refractivity contribution is 0.171. The molecule has 0 unspecified atom stereocenters. The third kappa shape index (κ3) is 4.91. The standard InChI is InChI=1S/C23H26N4O4/c1-27-11-10-24-22(27)21(17-4-3-5-18(15-17)29-2)26-23(28)25-9-8-16-6-7-19-20(14-16)31-13-12-30-19/h3-7,10-11,14-15,21H,8-9,12-13H2,1-2H3,(H2,25,26,28)/t21-/m1/s1. The number of fused-ring (bicyclic) bond motifs is 1. The first-order valence-electron chi connectivity index (χ1n) is 10.2. The minimum absolute atomic E-state index is 0.270. The van der Waals surface area contributed by atoms with Crippen LogP contribution in [0.5, 0.6) is 17.2 Å². The van der Waals surface area contributed by atoms with Gasteiger partial charge in [0.25, 0.3) is 0 Å². The molecule has 1 aromatic heterocycles. The average Bonchev–Trinajstić information content (AvgIpc) is 3.23. The molecule has 4 rings (SSSR count). The molecule has 2 amide bonds. The quantitative estimate of drug-likeness (QED) is 0.612. The molecule has 0 saturated heterocycles. The van der Waals surface area contributed by atoms with Gasteiger partial charge in [-0.2, -0.15) is 0 Å². The molecule has 2 N–H and O–H groups in total. The minimum atomic E-state index is -0.413. The zero-order valence-corrected chi connectivity index (χ0v) is 17.6. The van der Waals surface area contributed by atoms with Crippen molar-refractivity contribution in [3.63, 3.8) is 0 Å². The monoisotopic (exact) mass is 422 g/mol. The molecule has 1 aliphatic heterocycles. The number of benzene rings is 2. The molecule has 162 valence electrons. The SMILES string of the molecule is COc1cccc([C@@H](NC(=O)NCCc2ccc3c(c2)OCCO3)c2nccn2C)c1. The van der Waals surface area contributed by atoms with Gasteiger partial charge in [0.05, 0.1) is 7.11 Å². The van der Waals surface area contributed by atoms with Gasteiger partial charge >= 0.3 is 6.03 Å². The number of aryl methyl sites for hydroxylation is 1. The van der Waals surface area contributed by atoms with Crippen LogP contribution in [0.1, 0.15) is 23.0 Å². The lowest BCUT2D eigenvalue weighted by Crippen LogP contribution is -2.40. The Hall–Kier alpha value is -3.68. The molecule has 0 aliphatic carbocycles. The molecule has 3 aromatic rings. The number of imidazole rings is 1. The van der Waals surface area contributed by atoms with Gasteiger partial charge in [-0.15, -0.1) is 0 Å². The number of amides is 2. The number of ether oxygens (including phenoxy) is 3. The fourth-order valence-corrected chi connectivity index (χ4v) is 3.52. The van der Waals surface area contributed by atoms with E-state index >= 15 is 0 Å². The summed E-state index contributed by atoms with van der Waals surface area (Å²) in [6.07, 6.45) is 4.24. The Morgan fingerprint density at radius 3 is 2.81 bits per heavy atom. The zero-order valence-electron chi connectivity index (χ0n) is 17.6. The van der Waals surface area contributed by atoms with Crippen molar-refractivity contribution in [3.8, 4) is 17.2 Å². The van der Waals surface area contributed by atoms with E-state index in [2.05, 4.69) is 15.6 Å². The van der Waals surface area contributed by atoms with Crippen molar-refractivity contribution in [2.75, 3.05) is 26.9 Å². The number of methoxy groups -OCH3 is 1. The summed E-state index contributed by atoms with van der Waals surface area (Å²) in [5.74, 6) is 2.96. The molecule has 0 fully saturated rings. The Balaban J connectivity index is 1.40. The highest BCUT2D eigenvalue weighted by Crippen LogP contribution is 2.30. The highest BCUT2D eigenvalue weighted by molar-refractivity contribution is 5.75. The van der Waals surface area contributed by atoms with E-state index in [1.807, 2.05) is 60.3 Å². The van der Waals surface area contributed by atoms with Crippen molar-refractivity contribution in [1.82, 2.24) is 20.2 Å². The first-order valence-corrected chi connectivity index (χ1v) is 10.2. The average molecular weight is 422 g/mol. The van der Waals surface area contributed by atoms with Gasteiger partial charge in [-0.1, -0.05) is 18.2 Å². The second kappa shape index (κ2) is 9.42. The number of urea groups is 1. The van der Waals surface area contributed by atoms with Crippen LogP contribution in [-0.4, -0.2) is 42.5 Å². The maximum Gasteiger partial charge on any atom is 0.315 e. The summed E-state index contributed by atoms with van der Waals surface area (Å²) in [6, 6.07) is 12.8. The molecule has 0 spiro atoms. The van der Waals surface area contributed by atoms with Crippen molar-refractivity contribution < 1.29 is 19.0 Å². The van der Waals surface area contributed by atoms with E-state index in [-0.39, 0.29) is 6.03 Å². The number of rotatable bonds is 7. The fraction of sp³-hybridized carbons (Fsp3) is 0.304. The fourth-order valence-electron chi connectivity index (χ4n) is 3.52. The molecule has 8 nitrogen and oxygen atoms in total. The van der Waals surface area contributed by atoms with Crippen LogP contribution in [0.25, 0.3) is 0 Å². The predicted octanol–water partition coefficient (Wildman–Crippen LogP) is 2.83. The van der Waals surface area contributed by atoms with Crippen LogP contribution < -0.4 is 24.8 Å². The number of nitrogens with one attached hydrogen (secondary N) is 2. The Bertz CT molecular complexity index is 1050. The van der Waals surface area contributed by atoms with E-state index in [1.165, 1.54) is 0 Å². The van der Waals surface area contributed by atoms with E-state index in [0.29, 0.717) is 26.2 Å². The summed E-state index contributed by atoms with van der Waals surface area (Å²) < 4.78 is 18.4. The van der Waals surface area contributed by atoms with Crippen molar-refractivity contribution in [3.05, 3.63) is 71.8 Å². The van der Waals surface area contributed by atoms with Crippen LogP contribution in [-0.2, 0) is 13.5 Å². The second-order valence-electron chi connectivity index (χ2n) is 7.23. The number of carbonyl (C=O) groups excluding carboxylic acids is 1. The first kappa shape index (κ1) is 20.6. The molecule has 0 saturated carbocycles. The third-order valence-corrected chi connectivity index (χ3v) is 5.13. The topological polar surface area (TPSA) is 86.6 Å². The van der Waals surface area contributed by atoms with Crippen LogP contribution in [0.3, 0.4) is 0 Å². The zero-order chi connectivity index (χ0) is 21.6. The van der Waals surface area contributed by atoms with Gasteiger partial charge in [0.15, 0.2) is 11.5 Å². The molecule has 8 heteroatoms. The number of hydrogen-bond acceptors (Lipinski definition) is 5. The first-order chi connectivity index (χ1) is 15.1. The largest absolute Gasteiger partial charge is 0.497 e. The summed E-state index contributed by atoms with van der Waals surface area (Å²) in [6.45, 7) is 1.60. The molecule has 0 bridgehead atoms. The maximum atomic E-state index is 12.7. The molecule has 2 heterocycles. The second-order valence-corrected chi connectivity index (χ2v) is 7.23. The smallest absolute Gasteiger partial charge is 0.315 e. The van der Waals surface area contributed by atoms with Crippen LogP contribution in [0, 0.1) is 0 Å². The van der Waals surface area contributed by atoms with Gasteiger partial charge in [-0.3, -0.25) is 0 Å². The van der Waals surface area contributed by atoms with Crippen molar-refractivity contribution in [2.24, 2.45) is 7.05 Å². The van der Waals surface area contributed by atoms with Crippen molar-refractivity contribution in [1.29, 1.82) is 0 Å². The Labute approximate surface area is 181 Å². The summed E-state index contributed by atoms with van der Waals surface area (Å²) in [5, 5.41) is 5.96. The normalized spacial score (nSPS) is 13.4. The Kier molecular flexibility index (Phi) is 6.26. The summed E-state index contributed by atoms with van der Waals surface area (Å²) >= 11 is 0. The van der Waals surface area contributed by atoms with Gasteiger partial charge in [0.2, 0.25) is 0 Å². The minimum Gasteiger partial charge on any atom is -0.497 e. The van der Waals surface area contributed by atoms with E-state index in [1.54, 1.807) is 13.3 Å². The maximum absolute atomic E-state index is 12.7. The Morgan fingerprint density at radius 2 is 2.03 bits per heavy atom. The molecule has 1 aliphatic rings. The summed E-state index contributed by atoms with van der Waals surface area (Å²) in [7, 11) is 3.52. The van der Waals surface area contributed by atoms with E-state index in [4.69, 9.17) is 14.2 Å². The predicted molar refractivity (Wildman–Crippen MR) is 116 cm³/mol. The number of carbonyl (C=O) groups is 1. The molecule has 0 radical (unpaired) electrons. The van der Waals surface area contributed by atoms with Crippen molar-refractivity contribution >= 4 is 6.03 Å². The molecule has 1 atom stereocenters. The van der Waals surface area contributed by atoms with Gasteiger partial charge in [-0.05, 0) is 41.8 Å². The molecular weight excluding hydrogens is 396 g/mol. The van der Waals surface area contributed by atoms with E-state index in [0.717, 1.165) is 34.2 Å². The Morgan fingerprint density at radius 1 is 1.19 bits per heavy atom. The van der Waals surface area contributed by atoms with Gasteiger partial charge in [0, 0.05) is 26.0 Å². The lowest BCUT2D eigenvalue weighted by Gasteiger charge is -2.20. The number of aromatic nitrogens is 2. The highest BCUT2D eigenvalue weighted by Gasteiger charge is 2.21. The van der Waals surface area contributed by atoms with Crippen molar-refractivity contribution in [2.45, 2.75) is 12.5 Å². The van der Waals surface area contributed by atoms with Crippen LogP contribution >= 0.6 is 0 Å². The van der Waals surface area contributed by atoms with Gasteiger partial charge in [-0.25, -0.2) is 9.78 Å². The molecule has 31 heavy (non-hydrogen) atoms. The third-order valence-electron chi connectivity index (χ3n) is 5.13. The van der Waals surface area contributed by atoms with E-state index < -0.39 is 6.04 Å². The number of nitrogens with zero attached hydrogens (tertiary/aromatic N) is 2. The van der Waals surface area contributed by atoms with Crippen LogP contribution in [0.15, 0.2) is 54.9 Å². The lowest BCUT2D eigenvalue weighted by atomic mass is 10.1. The number of hydrogen-bond donors (Lipinski definition) is 2.